The lowest BCUT2D eigenvalue weighted by Crippen LogP contribution is -2.65. The van der Waals surface area contributed by atoms with Crippen LogP contribution < -0.4 is 0 Å². The monoisotopic (exact) mass is 508 g/mol. The first-order valence-corrected chi connectivity index (χ1v) is 12.8. The van der Waals surface area contributed by atoms with Crippen molar-refractivity contribution < 1.29 is 54.3 Å². The topological polar surface area (TPSA) is 168 Å². The molecule has 3 aliphatic rings. The third kappa shape index (κ3) is 5.85. The van der Waals surface area contributed by atoms with E-state index < -0.39 is 80.7 Å². The van der Waals surface area contributed by atoms with Crippen molar-refractivity contribution in [3.63, 3.8) is 0 Å². The molecule has 0 radical (unpaired) electrons. The van der Waals surface area contributed by atoms with Gasteiger partial charge in [-0.3, -0.25) is 0 Å². The Kier molecular flexibility index (Phi) is 10.3. The highest BCUT2D eigenvalue weighted by Gasteiger charge is 2.52. The molecule has 0 spiro atoms. The minimum Gasteiger partial charge on any atom is -0.394 e. The molecule has 15 unspecified atom stereocenters. The second-order valence-electron chi connectivity index (χ2n) is 10.2. The first-order chi connectivity index (χ1) is 16.6. The molecule has 0 aliphatic carbocycles. The van der Waals surface area contributed by atoms with Gasteiger partial charge >= 0.3 is 0 Å². The maximum Gasteiger partial charge on any atom is 0.187 e. The van der Waals surface area contributed by atoms with Crippen LogP contribution in [0.15, 0.2) is 0 Å². The van der Waals surface area contributed by atoms with E-state index >= 15 is 0 Å². The Balaban J connectivity index is 1.85. The van der Waals surface area contributed by atoms with E-state index in [2.05, 4.69) is 13.8 Å². The molecule has 0 amide bonds. The standard InChI is InChI=1S/C24H44O11/c1-6-13-11(4)10(3)12(5)31-23(13)35-22-20(30)17(27)14(7-2)33-24(22)34-21-16(9-26)32-15(8-25)18(28)19(21)29/h10-30H,6-9H2,1-5H3. The molecule has 0 saturated carbocycles. The van der Waals surface area contributed by atoms with E-state index in [-0.39, 0.29) is 17.9 Å². The van der Waals surface area contributed by atoms with Crippen molar-refractivity contribution in [2.75, 3.05) is 13.2 Å². The van der Waals surface area contributed by atoms with Crippen LogP contribution in [-0.2, 0) is 23.7 Å². The number of hydrogen-bond donors (Lipinski definition) is 6. The highest BCUT2D eigenvalue weighted by atomic mass is 16.8. The van der Waals surface area contributed by atoms with Crippen LogP contribution in [0.2, 0.25) is 0 Å². The molecule has 0 bridgehead atoms. The van der Waals surface area contributed by atoms with Gasteiger partial charge in [0.2, 0.25) is 0 Å². The van der Waals surface area contributed by atoms with Crippen molar-refractivity contribution in [3.05, 3.63) is 0 Å². The van der Waals surface area contributed by atoms with Gasteiger partial charge in [-0.2, -0.15) is 0 Å². The lowest BCUT2D eigenvalue weighted by atomic mass is 9.77. The maximum absolute atomic E-state index is 11.0. The highest BCUT2D eigenvalue weighted by molar-refractivity contribution is 4.96. The molecule has 3 aliphatic heterocycles. The third-order valence-corrected chi connectivity index (χ3v) is 8.19. The number of hydrogen-bond acceptors (Lipinski definition) is 11. The summed E-state index contributed by atoms with van der Waals surface area (Å²) in [6, 6.07) is 0. The third-order valence-electron chi connectivity index (χ3n) is 8.19. The molecule has 3 saturated heterocycles. The molecule has 206 valence electrons. The predicted molar refractivity (Wildman–Crippen MR) is 122 cm³/mol. The van der Waals surface area contributed by atoms with Crippen molar-refractivity contribution in [2.45, 2.75) is 121 Å². The van der Waals surface area contributed by atoms with Gasteiger partial charge in [0.05, 0.1) is 25.4 Å². The van der Waals surface area contributed by atoms with E-state index in [0.717, 1.165) is 6.42 Å². The molecular formula is C24H44O11. The van der Waals surface area contributed by atoms with Gasteiger partial charge in [-0.15, -0.1) is 0 Å². The van der Waals surface area contributed by atoms with E-state index in [1.165, 1.54) is 0 Å². The first-order valence-electron chi connectivity index (χ1n) is 12.8. The Morgan fingerprint density at radius 2 is 1.17 bits per heavy atom. The first kappa shape index (κ1) is 29.1. The Hall–Kier alpha value is -0.440. The quantitative estimate of drug-likeness (QED) is 0.241. The van der Waals surface area contributed by atoms with Crippen molar-refractivity contribution >= 4 is 0 Å². The molecule has 3 rings (SSSR count). The van der Waals surface area contributed by atoms with Gasteiger partial charge in [-0.1, -0.05) is 27.7 Å². The van der Waals surface area contributed by atoms with Crippen molar-refractivity contribution in [3.8, 4) is 0 Å². The van der Waals surface area contributed by atoms with Crippen LogP contribution in [0.25, 0.3) is 0 Å². The van der Waals surface area contributed by atoms with E-state index in [1.54, 1.807) is 6.92 Å². The van der Waals surface area contributed by atoms with Crippen molar-refractivity contribution in [1.29, 1.82) is 0 Å². The highest BCUT2D eigenvalue weighted by Crippen LogP contribution is 2.40. The summed E-state index contributed by atoms with van der Waals surface area (Å²) in [7, 11) is 0. The SMILES string of the molecule is CCC1OC(OC2C(CO)OC(CO)C(O)C2O)C(OC2OC(C)C(C)C(C)C2CC)C(O)C1O. The van der Waals surface area contributed by atoms with Crippen LogP contribution in [-0.4, -0.2) is 117 Å². The molecule has 3 heterocycles. The van der Waals surface area contributed by atoms with Crippen LogP contribution in [0.4, 0.5) is 0 Å². The lowest BCUT2D eigenvalue weighted by Gasteiger charge is -2.49. The molecule has 11 nitrogen and oxygen atoms in total. The number of aliphatic hydroxyl groups is 6. The molecule has 3 fully saturated rings. The Morgan fingerprint density at radius 1 is 0.600 bits per heavy atom. The summed E-state index contributed by atoms with van der Waals surface area (Å²) in [6.45, 7) is 8.94. The van der Waals surface area contributed by atoms with Crippen LogP contribution in [0.5, 0.6) is 0 Å². The Labute approximate surface area is 206 Å². The van der Waals surface area contributed by atoms with Gasteiger partial charge in [0, 0.05) is 5.92 Å². The minimum atomic E-state index is -1.51. The molecule has 0 aromatic heterocycles. The van der Waals surface area contributed by atoms with Crippen molar-refractivity contribution in [2.24, 2.45) is 17.8 Å². The van der Waals surface area contributed by atoms with Crippen LogP contribution in [0, 0.1) is 17.8 Å². The molecule has 0 aromatic rings. The fourth-order valence-electron chi connectivity index (χ4n) is 5.49. The maximum atomic E-state index is 11.0. The molecular weight excluding hydrogens is 464 g/mol. The van der Waals surface area contributed by atoms with E-state index in [1.807, 2.05) is 13.8 Å². The molecule has 0 aromatic carbocycles. The van der Waals surface area contributed by atoms with Gasteiger partial charge in [0.25, 0.3) is 0 Å². The van der Waals surface area contributed by atoms with Gasteiger partial charge in [-0.05, 0) is 31.6 Å². The second-order valence-corrected chi connectivity index (χ2v) is 10.2. The van der Waals surface area contributed by atoms with Gasteiger partial charge in [0.15, 0.2) is 12.6 Å². The smallest absolute Gasteiger partial charge is 0.187 e. The minimum absolute atomic E-state index is 0.0241. The van der Waals surface area contributed by atoms with Crippen LogP contribution >= 0.6 is 0 Å². The number of aliphatic hydroxyl groups excluding tert-OH is 6. The van der Waals surface area contributed by atoms with E-state index in [9.17, 15) is 30.6 Å². The average molecular weight is 509 g/mol. The Morgan fingerprint density at radius 3 is 1.74 bits per heavy atom. The fourth-order valence-corrected chi connectivity index (χ4v) is 5.49. The molecule has 6 N–H and O–H groups in total. The summed E-state index contributed by atoms with van der Waals surface area (Å²) in [5.74, 6) is 0.604. The summed E-state index contributed by atoms with van der Waals surface area (Å²) >= 11 is 0. The van der Waals surface area contributed by atoms with E-state index in [0.29, 0.717) is 12.3 Å². The van der Waals surface area contributed by atoms with Gasteiger partial charge in [-0.25, -0.2) is 0 Å². The van der Waals surface area contributed by atoms with Crippen LogP contribution in [0.3, 0.4) is 0 Å². The zero-order valence-corrected chi connectivity index (χ0v) is 21.2. The summed E-state index contributed by atoms with van der Waals surface area (Å²) in [5, 5.41) is 61.9. The van der Waals surface area contributed by atoms with Gasteiger partial charge < -0.3 is 54.3 Å². The summed E-state index contributed by atoms with van der Waals surface area (Å²) < 4.78 is 29.9. The normalized spacial score (nSPS) is 51.3. The summed E-state index contributed by atoms with van der Waals surface area (Å²) in [4.78, 5) is 0. The van der Waals surface area contributed by atoms with E-state index in [4.69, 9.17) is 23.7 Å². The van der Waals surface area contributed by atoms with Crippen molar-refractivity contribution in [1.82, 2.24) is 0 Å². The molecule has 35 heavy (non-hydrogen) atoms. The largest absolute Gasteiger partial charge is 0.394 e. The zero-order chi connectivity index (χ0) is 26.0. The fraction of sp³-hybridized carbons (Fsp3) is 1.00. The van der Waals surface area contributed by atoms with Gasteiger partial charge in [0.1, 0.15) is 48.8 Å². The summed E-state index contributed by atoms with van der Waals surface area (Å²) in [6.07, 6.45) is -11.9. The van der Waals surface area contributed by atoms with Crippen LogP contribution in [0.1, 0.15) is 47.5 Å². The second kappa shape index (κ2) is 12.4. The Bertz CT molecular complexity index is 651. The molecule has 15 atom stereocenters. The predicted octanol–water partition coefficient (Wildman–Crippen LogP) is -0.869. The average Bonchev–Trinajstić information content (AvgIpc) is 2.85. The number of ether oxygens (including phenoxy) is 5. The lowest BCUT2D eigenvalue weighted by molar-refractivity contribution is -0.373. The summed E-state index contributed by atoms with van der Waals surface area (Å²) in [5.41, 5.74) is 0. The zero-order valence-electron chi connectivity index (χ0n) is 21.2. The number of rotatable bonds is 8. The molecule has 11 heteroatoms.